The van der Waals surface area contributed by atoms with Crippen molar-refractivity contribution in [2.24, 2.45) is 0 Å². The number of hydrogen-bond acceptors (Lipinski definition) is 6. The first kappa shape index (κ1) is 17.1. The van der Waals surface area contributed by atoms with E-state index in [9.17, 15) is 22.8 Å². The fourth-order valence-corrected chi connectivity index (χ4v) is 2.57. The fourth-order valence-electron chi connectivity index (χ4n) is 2.57. The van der Waals surface area contributed by atoms with Gasteiger partial charge in [0, 0.05) is 17.9 Å². The molecule has 0 amide bonds. The normalized spacial score (nSPS) is 14.3. The van der Waals surface area contributed by atoms with Gasteiger partial charge in [0.15, 0.2) is 0 Å². The summed E-state index contributed by atoms with van der Waals surface area (Å²) in [7, 11) is 0. The van der Waals surface area contributed by atoms with E-state index in [1.54, 1.807) is 0 Å². The van der Waals surface area contributed by atoms with E-state index in [-0.39, 0.29) is 28.6 Å². The second kappa shape index (κ2) is 6.11. The van der Waals surface area contributed by atoms with Crippen molar-refractivity contribution in [1.82, 2.24) is 20.2 Å². The van der Waals surface area contributed by atoms with Gasteiger partial charge < -0.3 is 10.6 Å². The van der Waals surface area contributed by atoms with Gasteiger partial charge in [0.1, 0.15) is 11.4 Å². The molecule has 1 fully saturated rings. The number of anilines is 3. The Morgan fingerprint density at radius 1 is 1.07 bits per heavy atom. The van der Waals surface area contributed by atoms with Crippen LogP contribution in [0.15, 0.2) is 34.0 Å². The lowest BCUT2D eigenvalue weighted by atomic mass is 10.2. The van der Waals surface area contributed by atoms with Crippen molar-refractivity contribution < 1.29 is 13.2 Å². The Hall–Kier alpha value is -3.37. The summed E-state index contributed by atoms with van der Waals surface area (Å²) in [5.74, 6) is -0.357. The molecule has 0 unspecified atom stereocenters. The van der Waals surface area contributed by atoms with E-state index in [0.29, 0.717) is 11.9 Å². The lowest BCUT2D eigenvalue weighted by Gasteiger charge is -2.14. The van der Waals surface area contributed by atoms with Crippen LogP contribution in [0.1, 0.15) is 18.4 Å². The van der Waals surface area contributed by atoms with Crippen LogP contribution in [-0.2, 0) is 6.18 Å². The number of hydrogen-bond donors (Lipinski definition) is 4. The third kappa shape index (κ3) is 3.48. The molecule has 0 radical (unpaired) electrons. The molecule has 1 aromatic carbocycles. The zero-order valence-corrected chi connectivity index (χ0v) is 13.6. The summed E-state index contributed by atoms with van der Waals surface area (Å²) in [6.45, 7) is 0. The predicted molar refractivity (Wildman–Crippen MR) is 92.2 cm³/mol. The van der Waals surface area contributed by atoms with E-state index in [2.05, 4.69) is 30.8 Å². The Morgan fingerprint density at radius 3 is 2.44 bits per heavy atom. The van der Waals surface area contributed by atoms with Crippen molar-refractivity contribution in [1.29, 1.82) is 0 Å². The molecular formula is C16H13F3N6O2. The SMILES string of the molecule is O=c1[nH][nH]c(=O)c2cc(Nc3ncc(C(F)(F)F)c(NC4CC4)n3)ccc12. The molecule has 11 heteroatoms. The first-order valence-corrected chi connectivity index (χ1v) is 8.04. The maximum Gasteiger partial charge on any atom is 0.421 e. The Bertz CT molecular complexity index is 1130. The number of benzene rings is 1. The molecule has 3 aromatic rings. The van der Waals surface area contributed by atoms with Crippen LogP contribution >= 0.6 is 0 Å². The summed E-state index contributed by atoms with van der Waals surface area (Å²) in [6.07, 6.45) is -2.30. The van der Waals surface area contributed by atoms with Gasteiger partial charge in [-0.15, -0.1) is 0 Å². The summed E-state index contributed by atoms with van der Waals surface area (Å²) in [5, 5.41) is 10.3. The molecule has 140 valence electrons. The highest BCUT2D eigenvalue weighted by molar-refractivity contribution is 5.84. The number of nitrogens with zero attached hydrogens (tertiary/aromatic N) is 2. The highest BCUT2D eigenvalue weighted by Crippen LogP contribution is 2.36. The average Bonchev–Trinajstić information content (AvgIpc) is 3.41. The monoisotopic (exact) mass is 378 g/mol. The largest absolute Gasteiger partial charge is 0.421 e. The molecule has 1 aliphatic carbocycles. The van der Waals surface area contributed by atoms with Crippen LogP contribution in [0.2, 0.25) is 0 Å². The summed E-state index contributed by atoms with van der Waals surface area (Å²) in [5.41, 5.74) is -1.55. The van der Waals surface area contributed by atoms with E-state index in [1.165, 1.54) is 18.2 Å². The molecule has 0 spiro atoms. The van der Waals surface area contributed by atoms with Crippen LogP contribution < -0.4 is 21.8 Å². The van der Waals surface area contributed by atoms with E-state index < -0.39 is 22.9 Å². The predicted octanol–water partition coefficient (Wildman–Crippen LogP) is 2.34. The van der Waals surface area contributed by atoms with Crippen molar-refractivity contribution in [2.45, 2.75) is 25.1 Å². The summed E-state index contributed by atoms with van der Waals surface area (Å²) >= 11 is 0. The second-order valence-corrected chi connectivity index (χ2v) is 6.17. The minimum absolute atomic E-state index is 0.0280. The van der Waals surface area contributed by atoms with Crippen LogP contribution in [-0.4, -0.2) is 26.2 Å². The second-order valence-electron chi connectivity index (χ2n) is 6.17. The third-order valence-corrected chi connectivity index (χ3v) is 4.07. The van der Waals surface area contributed by atoms with Gasteiger partial charge in [0.25, 0.3) is 11.1 Å². The van der Waals surface area contributed by atoms with Crippen LogP contribution in [0.25, 0.3) is 10.8 Å². The van der Waals surface area contributed by atoms with Gasteiger partial charge in [-0.2, -0.15) is 18.2 Å². The van der Waals surface area contributed by atoms with E-state index in [1.807, 2.05) is 0 Å². The van der Waals surface area contributed by atoms with Crippen molar-refractivity contribution in [2.75, 3.05) is 10.6 Å². The number of alkyl halides is 3. The zero-order chi connectivity index (χ0) is 19.2. The maximum atomic E-state index is 13.1. The lowest BCUT2D eigenvalue weighted by molar-refractivity contribution is -0.137. The molecule has 0 atom stereocenters. The Morgan fingerprint density at radius 2 is 1.78 bits per heavy atom. The minimum atomic E-state index is -4.58. The van der Waals surface area contributed by atoms with Gasteiger partial charge in [-0.1, -0.05) is 0 Å². The summed E-state index contributed by atoms with van der Waals surface area (Å²) in [4.78, 5) is 31.2. The number of aromatic amines is 2. The number of nitrogens with one attached hydrogen (secondary N) is 4. The highest BCUT2D eigenvalue weighted by atomic mass is 19.4. The molecule has 2 heterocycles. The zero-order valence-electron chi connectivity index (χ0n) is 13.6. The molecular weight excluding hydrogens is 365 g/mol. The average molecular weight is 378 g/mol. The van der Waals surface area contributed by atoms with E-state index in [4.69, 9.17) is 0 Å². The topological polar surface area (TPSA) is 116 Å². The van der Waals surface area contributed by atoms with Gasteiger partial charge in [-0.25, -0.2) is 4.98 Å². The lowest BCUT2D eigenvalue weighted by Crippen LogP contribution is -2.19. The summed E-state index contributed by atoms with van der Waals surface area (Å²) < 4.78 is 39.4. The fraction of sp³-hybridized carbons (Fsp3) is 0.250. The van der Waals surface area contributed by atoms with E-state index in [0.717, 1.165) is 12.8 Å². The van der Waals surface area contributed by atoms with Crippen molar-refractivity contribution in [3.05, 3.63) is 50.7 Å². The first-order valence-electron chi connectivity index (χ1n) is 8.04. The first-order chi connectivity index (χ1) is 12.8. The van der Waals surface area contributed by atoms with Gasteiger partial charge in [-0.3, -0.25) is 19.8 Å². The molecule has 0 saturated heterocycles. The molecule has 0 bridgehead atoms. The van der Waals surface area contributed by atoms with Crippen LogP contribution in [0.3, 0.4) is 0 Å². The summed E-state index contributed by atoms with van der Waals surface area (Å²) in [6, 6.07) is 4.31. The van der Waals surface area contributed by atoms with Crippen LogP contribution in [0.4, 0.5) is 30.6 Å². The Balaban J connectivity index is 1.70. The quantitative estimate of drug-likeness (QED) is 0.554. The van der Waals surface area contributed by atoms with Gasteiger partial charge in [0.2, 0.25) is 5.95 Å². The van der Waals surface area contributed by atoms with Gasteiger partial charge >= 0.3 is 6.18 Å². The standard InChI is InChI=1S/C16H13F3N6O2/c17-16(18,19)11-6-20-15(23-12(11)21-7-1-2-7)22-8-3-4-9-10(5-8)14(27)25-24-13(9)26/h3-7H,1-2H2,(H,24,26)(H,25,27)(H2,20,21,22,23). The Labute approximate surface area is 148 Å². The maximum absolute atomic E-state index is 13.1. The highest BCUT2D eigenvalue weighted by Gasteiger charge is 2.36. The van der Waals surface area contributed by atoms with E-state index >= 15 is 0 Å². The molecule has 4 N–H and O–H groups in total. The van der Waals surface area contributed by atoms with Crippen molar-refractivity contribution in [3.8, 4) is 0 Å². The molecule has 1 saturated carbocycles. The molecule has 2 aromatic heterocycles. The molecule has 27 heavy (non-hydrogen) atoms. The van der Waals surface area contributed by atoms with Crippen molar-refractivity contribution in [3.63, 3.8) is 0 Å². The number of halogens is 3. The molecule has 1 aliphatic rings. The number of fused-ring (bicyclic) bond motifs is 1. The number of H-pyrrole nitrogens is 2. The number of aromatic nitrogens is 4. The van der Waals surface area contributed by atoms with Crippen LogP contribution in [0, 0.1) is 0 Å². The smallest absolute Gasteiger partial charge is 0.367 e. The molecule has 0 aliphatic heterocycles. The molecule has 4 rings (SSSR count). The third-order valence-electron chi connectivity index (χ3n) is 4.07. The number of rotatable bonds is 4. The molecule has 8 nitrogen and oxygen atoms in total. The van der Waals surface area contributed by atoms with Gasteiger partial charge in [0.05, 0.1) is 10.8 Å². The van der Waals surface area contributed by atoms with Gasteiger partial charge in [-0.05, 0) is 31.0 Å². The Kier molecular flexibility index (Phi) is 3.86. The minimum Gasteiger partial charge on any atom is -0.367 e. The van der Waals surface area contributed by atoms with Crippen LogP contribution in [0.5, 0.6) is 0 Å². The van der Waals surface area contributed by atoms with Crippen molar-refractivity contribution >= 4 is 28.2 Å².